The largest absolute Gasteiger partial charge is 0.480 e. The molecule has 1 aliphatic heterocycles. The van der Waals surface area contributed by atoms with E-state index in [0.29, 0.717) is 6.42 Å². The van der Waals surface area contributed by atoms with Crippen LogP contribution in [0.5, 0.6) is 0 Å². The van der Waals surface area contributed by atoms with Gasteiger partial charge in [0.1, 0.15) is 6.04 Å². The Morgan fingerprint density at radius 2 is 1.91 bits per heavy atom. The molecule has 0 saturated carbocycles. The molecule has 0 aliphatic carbocycles. The third-order valence-corrected chi connectivity index (χ3v) is 5.93. The van der Waals surface area contributed by atoms with Crippen LogP contribution in [0.1, 0.15) is 24.0 Å². The first-order valence-electron chi connectivity index (χ1n) is 6.66. The molecule has 9 heteroatoms. The zero-order chi connectivity index (χ0) is 16.7. The molecule has 8 nitrogen and oxygen atoms in total. The molecule has 1 atom stereocenters. The number of hydrogen-bond donors (Lipinski definition) is 1. The number of sulfonamides is 1. The summed E-state index contributed by atoms with van der Waals surface area (Å²) in [5, 5.41) is 20.0. The molecule has 0 radical (unpaired) electrons. The molecular formula is C13H16N2O6S. The van der Waals surface area contributed by atoms with Crippen LogP contribution in [0, 0.1) is 24.0 Å². The normalized spacial score (nSPS) is 19.3. The third kappa shape index (κ3) is 2.69. The molecule has 1 saturated heterocycles. The van der Waals surface area contributed by atoms with Crippen molar-refractivity contribution >= 4 is 21.7 Å². The maximum absolute atomic E-state index is 12.8. The highest BCUT2D eigenvalue weighted by molar-refractivity contribution is 7.89. The third-order valence-electron chi connectivity index (χ3n) is 3.71. The molecule has 1 heterocycles. The van der Waals surface area contributed by atoms with Gasteiger partial charge in [0, 0.05) is 18.7 Å². The van der Waals surface area contributed by atoms with Crippen molar-refractivity contribution in [3.05, 3.63) is 33.4 Å². The minimum atomic E-state index is -4.01. The summed E-state index contributed by atoms with van der Waals surface area (Å²) < 4.78 is 26.5. The molecule has 0 spiro atoms. The first-order chi connectivity index (χ1) is 10.2. The zero-order valence-electron chi connectivity index (χ0n) is 12.1. The van der Waals surface area contributed by atoms with Crippen molar-refractivity contribution < 1.29 is 23.2 Å². The minimum Gasteiger partial charge on any atom is -0.480 e. The van der Waals surface area contributed by atoms with Crippen LogP contribution in [-0.2, 0) is 14.8 Å². The first-order valence-corrected chi connectivity index (χ1v) is 8.10. The van der Waals surface area contributed by atoms with Gasteiger partial charge < -0.3 is 5.11 Å². The fourth-order valence-electron chi connectivity index (χ4n) is 2.83. The van der Waals surface area contributed by atoms with Gasteiger partial charge in [-0.1, -0.05) is 0 Å². The van der Waals surface area contributed by atoms with Crippen LogP contribution in [0.3, 0.4) is 0 Å². The second-order valence-electron chi connectivity index (χ2n) is 5.28. The maximum atomic E-state index is 12.8. The van der Waals surface area contributed by atoms with E-state index < -0.39 is 27.0 Å². The lowest BCUT2D eigenvalue weighted by Gasteiger charge is -2.23. The van der Waals surface area contributed by atoms with Crippen LogP contribution in [0.4, 0.5) is 5.69 Å². The number of non-ortho nitro benzene ring substituents is 1. The Morgan fingerprint density at radius 3 is 2.36 bits per heavy atom. The predicted octanol–water partition coefficient (Wildman–Crippen LogP) is 1.45. The lowest BCUT2D eigenvalue weighted by atomic mass is 10.1. The van der Waals surface area contributed by atoms with Gasteiger partial charge in [0.2, 0.25) is 10.0 Å². The van der Waals surface area contributed by atoms with E-state index in [1.54, 1.807) is 0 Å². The summed E-state index contributed by atoms with van der Waals surface area (Å²) in [5.41, 5.74) is 0.288. The molecule has 1 fully saturated rings. The van der Waals surface area contributed by atoms with E-state index in [1.165, 1.54) is 26.0 Å². The number of rotatable bonds is 4. The van der Waals surface area contributed by atoms with Crippen LogP contribution in [0.2, 0.25) is 0 Å². The highest BCUT2D eigenvalue weighted by Gasteiger charge is 2.40. The fraction of sp³-hybridized carbons (Fsp3) is 0.462. The average Bonchev–Trinajstić information content (AvgIpc) is 2.87. The number of carbonyl (C=O) groups is 1. The topological polar surface area (TPSA) is 118 Å². The molecule has 1 N–H and O–H groups in total. The number of nitro groups is 1. The van der Waals surface area contributed by atoms with Gasteiger partial charge in [-0.15, -0.1) is 0 Å². The molecule has 0 bridgehead atoms. The molecular weight excluding hydrogens is 312 g/mol. The summed E-state index contributed by atoms with van der Waals surface area (Å²) >= 11 is 0. The van der Waals surface area contributed by atoms with Crippen molar-refractivity contribution in [3.8, 4) is 0 Å². The van der Waals surface area contributed by atoms with Gasteiger partial charge in [-0.2, -0.15) is 4.31 Å². The Bertz CT molecular complexity index is 720. The van der Waals surface area contributed by atoms with Crippen LogP contribution in [0.15, 0.2) is 17.0 Å². The van der Waals surface area contributed by atoms with E-state index >= 15 is 0 Å². The summed E-state index contributed by atoms with van der Waals surface area (Å²) in [7, 11) is -4.01. The number of carboxylic acids is 1. The van der Waals surface area contributed by atoms with Gasteiger partial charge in [-0.05, 0) is 37.8 Å². The summed E-state index contributed by atoms with van der Waals surface area (Å²) in [6, 6.07) is 1.29. The molecule has 1 aliphatic rings. The number of aliphatic carboxylic acids is 1. The van der Waals surface area contributed by atoms with Crippen molar-refractivity contribution in [1.29, 1.82) is 0 Å². The van der Waals surface area contributed by atoms with Crippen molar-refractivity contribution in [1.82, 2.24) is 4.31 Å². The van der Waals surface area contributed by atoms with Crippen molar-refractivity contribution in [2.24, 2.45) is 0 Å². The molecule has 0 aromatic heterocycles. The van der Waals surface area contributed by atoms with Crippen LogP contribution >= 0.6 is 0 Å². The second kappa shape index (κ2) is 5.65. The molecule has 0 amide bonds. The number of nitrogens with zero attached hydrogens (tertiary/aromatic N) is 2. The van der Waals surface area contributed by atoms with Gasteiger partial charge in [0.25, 0.3) is 5.69 Å². The highest BCUT2D eigenvalue weighted by Crippen LogP contribution is 2.32. The second-order valence-corrected chi connectivity index (χ2v) is 7.11. The Balaban J connectivity index is 2.55. The van der Waals surface area contributed by atoms with Gasteiger partial charge >= 0.3 is 5.97 Å². The van der Waals surface area contributed by atoms with E-state index in [1.807, 2.05) is 0 Å². The maximum Gasteiger partial charge on any atom is 0.322 e. The molecule has 22 heavy (non-hydrogen) atoms. The molecule has 1 unspecified atom stereocenters. The van der Waals surface area contributed by atoms with E-state index in [9.17, 15) is 23.3 Å². The summed E-state index contributed by atoms with van der Waals surface area (Å²) in [4.78, 5) is 21.4. The highest BCUT2D eigenvalue weighted by atomic mass is 32.2. The Labute approximate surface area is 127 Å². The molecule has 1 aromatic carbocycles. The molecule has 2 rings (SSSR count). The minimum absolute atomic E-state index is 0.0498. The molecule has 120 valence electrons. The van der Waals surface area contributed by atoms with Crippen LogP contribution < -0.4 is 0 Å². The quantitative estimate of drug-likeness (QED) is 0.660. The van der Waals surface area contributed by atoms with Crippen molar-refractivity contribution in [2.45, 2.75) is 37.6 Å². The van der Waals surface area contributed by atoms with E-state index in [-0.39, 0.29) is 34.7 Å². The van der Waals surface area contributed by atoms with Gasteiger partial charge in [-0.3, -0.25) is 14.9 Å². The Kier molecular flexibility index (Phi) is 4.21. The average molecular weight is 328 g/mol. The summed E-state index contributed by atoms with van der Waals surface area (Å²) in [6.07, 6.45) is 0.737. The summed E-state index contributed by atoms with van der Waals surface area (Å²) in [5.74, 6) is -1.18. The predicted molar refractivity (Wildman–Crippen MR) is 77.1 cm³/mol. The van der Waals surface area contributed by atoms with Gasteiger partial charge in [0.15, 0.2) is 0 Å². The van der Waals surface area contributed by atoms with Crippen molar-refractivity contribution in [3.63, 3.8) is 0 Å². The number of hydrogen-bond acceptors (Lipinski definition) is 5. The van der Waals surface area contributed by atoms with Crippen LogP contribution in [0.25, 0.3) is 0 Å². The lowest BCUT2D eigenvalue weighted by molar-refractivity contribution is -0.385. The number of nitro benzene ring substituents is 1. The Morgan fingerprint density at radius 1 is 1.36 bits per heavy atom. The number of benzene rings is 1. The Hall–Kier alpha value is -2.00. The number of carboxylic acid groups (broad SMARTS) is 1. The van der Waals surface area contributed by atoms with Crippen molar-refractivity contribution in [2.75, 3.05) is 6.54 Å². The SMILES string of the molecule is Cc1cc([N+](=O)[O-])cc(C)c1S(=O)(=O)N1CCCC1C(=O)O. The molecule has 1 aromatic rings. The summed E-state index contributed by atoms with van der Waals surface area (Å²) in [6.45, 7) is 3.08. The van der Waals surface area contributed by atoms with Gasteiger partial charge in [0.05, 0.1) is 9.82 Å². The standard InChI is InChI=1S/C13H16N2O6S/c1-8-6-10(15(18)19)7-9(2)12(8)22(20,21)14-5-3-4-11(14)13(16)17/h6-7,11H,3-5H2,1-2H3,(H,16,17). The van der Waals surface area contributed by atoms with Gasteiger partial charge in [-0.25, -0.2) is 8.42 Å². The zero-order valence-corrected chi connectivity index (χ0v) is 13.0. The lowest BCUT2D eigenvalue weighted by Crippen LogP contribution is -2.40. The van der Waals surface area contributed by atoms with E-state index in [4.69, 9.17) is 5.11 Å². The first kappa shape index (κ1) is 16.4. The van der Waals surface area contributed by atoms with E-state index in [2.05, 4.69) is 0 Å². The number of aryl methyl sites for hydroxylation is 2. The smallest absolute Gasteiger partial charge is 0.322 e. The van der Waals surface area contributed by atoms with E-state index in [0.717, 1.165) is 4.31 Å². The van der Waals surface area contributed by atoms with Crippen LogP contribution in [-0.4, -0.2) is 41.3 Å². The monoisotopic (exact) mass is 328 g/mol. The fourth-order valence-corrected chi connectivity index (χ4v) is 4.90.